The molecule has 1 N–H and O–H groups in total. The van der Waals surface area contributed by atoms with Gasteiger partial charge in [-0.15, -0.1) is 0 Å². The van der Waals surface area contributed by atoms with Crippen LogP contribution in [0, 0.1) is 0 Å². The Labute approximate surface area is 119 Å². The van der Waals surface area contributed by atoms with Crippen molar-refractivity contribution in [2.45, 2.75) is 17.7 Å². The first-order valence-corrected chi connectivity index (χ1v) is 7.54. The zero-order valence-corrected chi connectivity index (χ0v) is 12.0. The number of aryl methyl sites for hydroxylation is 2. The summed E-state index contributed by atoms with van der Waals surface area (Å²) < 4.78 is 13.9. The summed E-state index contributed by atoms with van der Waals surface area (Å²) in [6.07, 6.45) is 2.40. The monoisotopic (exact) mass is 292 g/mol. The lowest BCUT2D eigenvalue weighted by Gasteiger charge is -2.04. The molecule has 1 atom stereocenters. The number of aliphatic carboxylic acids is 1. The van der Waals surface area contributed by atoms with Gasteiger partial charge in [-0.1, -0.05) is 12.1 Å². The molecule has 1 aromatic carbocycles. The van der Waals surface area contributed by atoms with E-state index in [2.05, 4.69) is 5.10 Å². The maximum Gasteiger partial charge on any atom is 0.307 e. The van der Waals surface area contributed by atoms with Crippen LogP contribution in [0.25, 0.3) is 0 Å². The van der Waals surface area contributed by atoms with E-state index in [-0.39, 0.29) is 6.42 Å². The summed E-state index contributed by atoms with van der Waals surface area (Å²) in [6.45, 7) is 0. The van der Waals surface area contributed by atoms with E-state index < -0.39 is 16.8 Å². The van der Waals surface area contributed by atoms with Crippen molar-refractivity contribution in [2.24, 2.45) is 7.05 Å². The number of carbonyl (C=O) groups is 1. The third-order valence-electron chi connectivity index (χ3n) is 3.01. The Bertz CT molecular complexity index is 620. The van der Waals surface area contributed by atoms with Gasteiger partial charge in [0.2, 0.25) is 0 Å². The number of hydrogen-bond donors (Lipinski definition) is 1. The molecule has 20 heavy (non-hydrogen) atoms. The van der Waals surface area contributed by atoms with Crippen molar-refractivity contribution in [2.75, 3.05) is 5.75 Å². The average molecular weight is 292 g/mol. The minimum atomic E-state index is -1.09. The molecule has 106 valence electrons. The molecule has 1 aromatic heterocycles. The summed E-state index contributed by atoms with van der Waals surface area (Å²) in [6, 6.07) is 8.80. The zero-order chi connectivity index (χ0) is 14.5. The van der Waals surface area contributed by atoms with Crippen LogP contribution in [0.15, 0.2) is 41.4 Å². The maximum atomic E-state index is 12.1. The quantitative estimate of drug-likeness (QED) is 0.873. The third kappa shape index (κ3) is 3.77. The van der Waals surface area contributed by atoms with Crippen molar-refractivity contribution >= 4 is 16.8 Å². The molecule has 2 aromatic rings. The Kier molecular flexibility index (Phi) is 4.68. The Morgan fingerprint density at radius 2 is 2.00 bits per heavy atom. The van der Waals surface area contributed by atoms with Gasteiger partial charge >= 0.3 is 5.97 Å². The van der Waals surface area contributed by atoms with Crippen LogP contribution in [0.2, 0.25) is 0 Å². The molecule has 1 heterocycles. The number of benzene rings is 1. The van der Waals surface area contributed by atoms with Gasteiger partial charge in [0, 0.05) is 36.0 Å². The molecule has 0 aliphatic rings. The van der Waals surface area contributed by atoms with Gasteiger partial charge in [-0.3, -0.25) is 13.7 Å². The van der Waals surface area contributed by atoms with Crippen LogP contribution < -0.4 is 0 Å². The smallest absolute Gasteiger partial charge is 0.307 e. The first-order chi connectivity index (χ1) is 9.56. The van der Waals surface area contributed by atoms with Gasteiger partial charge in [0.05, 0.1) is 17.2 Å². The SMILES string of the molecule is Cn1nccc1CCS(=O)c1ccc(CC(=O)O)cc1. The van der Waals surface area contributed by atoms with Crippen molar-refractivity contribution in [3.05, 3.63) is 47.8 Å². The molecule has 0 fully saturated rings. The van der Waals surface area contributed by atoms with Crippen LogP contribution in [0.4, 0.5) is 0 Å². The average Bonchev–Trinajstić information content (AvgIpc) is 2.82. The van der Waals surface area contributed by atoms with Crippen molar-refractivity contribution in [3.63, 3.8) is 0 Å². The van der Waals surface area contributed by atoms with E-state index >= 15 is 0 Å². The summed E-state index contributed by atoms with van der Waals surface area (Å²) in [7, 11) is 0.774. The van der Waals surface area contributed by atoms with E-state index in [1.165, 1.54) is 0 Å². The highest BCUT2D eigenvalue weighted by molar-refractivity contribution is 7.85. The Hall–Kier alpha value is -1.95. The highest BCUT2D eigenvalue weighted by atomic mass is 32.2. The van der Waals surface area contributed by atoms with Crippen molar-refractivity contribution in [1.29, 1.82) is 0 Å². The normalized spacial score (nSPS) is 12.2. The standard InChI is InChI=1S/C14H16N2O3S/c1-16-12(6-8-15-16)7-9-20(19)13-4-2-11(3-5-13)10-14(17)18/h2-6,8H,7,9-10H2,1H3,(H,17,18). The molecule has 0 radical (unpaired) electrons. The van der Waals surface area contributed by atoms with Gasteiger partial charge < -0.3 is 5.11 Å². The number of rotatable bonds is 6. The Balaban J connectivity index is 1.95. The molecule has 0 saturated heterocycles. The number of carboxylic acids is 1. The van der Waals surface area contributed by atoms with Crippen LogP contribution in [0.5, 0.6) is 0 Å². The van der Waals surface area contributed by atoms with Gasteiger partial charge in [0.1, 0.15) is 0 Å². The van der Waals surface area contributed by atoms with E-state index in [9.17, 15) is 9.00 Å². The second-order valence-electron chi connectivity index (χ2n) is 4.46. The molecule has 6 heteroatoms. The topological polar surface area (TPSA) is 72.2 Å². The second-order valence-corrected chi connectivity index (χ2v) is 6.03. The summed E-state index contributed by atoms with van der Waals surface area (Å²) in [5.74, 6) is -0.340. The van der Waals surface area contributed by atoms with E-state index in [0.29, 0.717) is 17.7 Å². The Morgan fingerprint density at radius 3 is 2.55 bits per heavy atom. The van der Waals surface area contributed by atoms with Crippen molar-refractivity contribution in [1.82, 2.24) is 9.78 Å². The Morgan fingerprint density at radius 1 is 1.30 bits per heavy atom. The van der Waals surface area contributed by atoms with Crippen LogP contribution in [0.3, 0.4) is 0 Å². The summed E-state index contributed by atoms with van der Waals surface area (Å²) in [5, 5.41) is 12.8. The molecular formula is C14H16N2O3S. The van der Waals surface area contributed by atoms with Crippen molar-refractivity contribution in [3.8, 4) is 0 Å². The number of aromatic nitrogens is 2. The van der Waals surface area contributed by atoms with Gasteiger partial charge in [-0.05, 0) is 23.8 Å². The van der Waals surface area contributed by atoms with Crippen LogP contribution in [-0.2, 0) is 35.5 Å². The summed E-state index contributed by atoms with van der Waals surface area (Å²) in [5.41, 5.74) is 1.76. The summed E-state index contributed by atoms with van der Waals surface area (Å²) in [4.78, 5) is 11.3. The third-order valence-corrected chi connectivity index (χ3v) is 4.38. The van der Waals surface area contributed by atoms with E-state index in [1.54, 1.807) is 35.1 Å². The van der Waals surface area contributed by atoms with E-state index in [0.717, 1.165) is 10.6 Å². The minimum absolute atomic E-state index is 0.0120. The van der Waals surface area contributed by atoms with Gasteiger partial charge in [-0.25, -0.2) is 0 Å². The molecule has 0 saturated carbocycles. The fourth-order valence-corrected chi connectivity index (χ4v) is 2.97. The lowest BCUT2D eigenvalue weighted by molar-refractivity contribution is -0.136. The van der Waals surface area contributed by atoms with E-state index in [4.69, 9.17) is 5.11 Å². The molecule has 1 unspecified atom stereocenters. The minimum Gasteiger partial charge on any atom is -0.481 e. The predicted octanol–water partition coefficient (Wildman–Crippen LogP) is 1.40. The maximum absolute atomic E-state index is 12.1. The van der Waals surface area contributed by atoms with Crippen LogP contribution >= 0.6 is 0 Å². The number of carboxylic acid groups (broad SMARTS) is 1. The lowest BCUT2D eigenvalue weighted by atomic mass is 10.2. The first-order valence-electron chi connectivity index (χ1n) is 6.22. The predicted molar refractivity (Wildman–Crippen MR) is 76.0 cm³/mol. The molecule has 0 spiro atoms. The molecule has 5 nitrogen and oxygen atoms in total. The molecule has 0 aliphatic carbocycles. The highest BCUT2D eigenvalue weighted by Gasteiger charge is 2.07. The molecule has 0 bridgehead atoms. The molecule has 0 amide bonds. The number of hydrogen-bond acceptors (Lipinski definition) is 3. The molecule has 2 rings (SSSR count). The largest absolute Gasteiger partial charge is 0.481 e. The fraction of sp³-hybridized carbons (Fsp3) is 0.286. The van der Waals surface area contributed by atoms with Crippen molar-refractivity contribution < 1.29 is 14.1 Å². The first kappa shape index (κ1) is 14.5. The van der Waals surface area contributed by atoms with Gasteiger partial charge in [0.15, 0.2) is 0 Å². The van der Waals surface area contributed by atoms with Gasteiger partial charge in [0.25, 0.3) is 0 Å². The van der Waals surface area contributed by atoms with Crippen LogP contribution in [-0.4, -0.2) is 30.8 Å². The zero-order valence-electron chi connectivity index (χ0n) is 11.2. The molecular weight excluding hydrogens is 276 g/mol. The highest BCUT2D eigenvalue weighted by Crippen LogP contribution is 2.11. The number of nitrogens with zero attached hydrogens (tertiary/aromatic N) is 2. The van der Waals surface area contributed by atoms with Gasteiger partial charge in [-0.2, -0.15) is 5.10 Å². The second kappa shape index (κ2) is 6.47. The van der Waals surface area contributed by atoms with Crippen LogP contribution in [0.1, 0.15) is 11.3 Å². The van der Waals surface area contributed by atoms with E-state index in [1.807, 2.05) is 13.1 Å². The molecule has 0 aliphatic heterocycles. The lowest BCUT2D eigenvalue weighted by Crippen LogP contribution is -2.06. The fourth-order valence-electron chi connectivity index (χ4n) is 1.90. The summed E-state index contributed by atoms with van der Waals surface area (Å²) >= 11 is 0.